The van der Waals surface area contributed by atoms with E-state index in [1.807, 2.05) is 18.2 Å². The first-order chi connectivity index (χ1) is 13.2. The number of rotatable bonds is 5. The average Bonchev–Trinajstić information content (AvgIpc) is 3.12. The highest BCUT2D eigenvalue weighted by atomic mass is 16.2. The molecule has 2 N–H and O–H groups in total. The highest BCUT2D eigenvalue weighted by molar-refractivity contribution is 5.78. The van der Waals surface area contributed by atoms with Crippen molar-refractivity contribution in [1.29, 1.82) is 0 Å². The molecule has 0 saturated carbocycles. The van der Waals surface area contributed by atoms with E-state index >= 15 is 0 Å². The molecule has 2 heterocycles. The molecular weight excluding hydrogens is 336 g/mol. The topological polar surface area (TPSA) is 61.0 Å². The normalized spacial score (nSPS) is 17.9. The number of benzene rings is 2. The minimum atomic E-state index is 0.0841. The number of carbonyl (C=O) groups is 1. The number of hydrogen-bond donors (Lipinski definition) is 2. The quantitative estimate of drug-likeness (QED) is 0.732. The van der Waals surface area contributed by atoms with Crippen LogP contribution < -0.4 is 5.32 Å². The number of aryl methyl sites for hydroxylation is 1. The van der Waals surface area contributed by atoms with Crippen molar-refractivity contribution in [2.45, 2.75) is 32.2 Å². The van der Waals surface area contributed by atoms with E-state index in [4.69, 9.17) is 4.98 Å². The zero-order valence-corrected chi connectivity index (χ0v) is 15.7. The maximum absolute atomic E-state index is 12.4. The molecule has 1 aliphatic rings. The Morgan fingerprint density at radius 2 is 2.04 bits per heavy atom. The number of amides is 1. The molecule has 1 aromatic heterocycles. The van der Waals surface area contributed by atoms with Crippen molar-refractivity contribution in [1.82, 2.24) is 20.2 Å². The van der Waals surface area contributed by atoms with Crippen LogP contribution >= 0.6 is 0 Å². The van der Waals surface area contributed by atoms with E-state index in [2.05, 4.69) is 52.5 Å². The fourth-order valence-electron chi connectivity index (χ4n) is 3.75. The third kappa shape index (κ3) is 4.37. The summed E-state index contributed by atoms with van der Waals surface area (Å²) in [6.07, 6.45) is 2.20. The summed E-state index contributed by atoms with van der Waals surface area (Å²) < 4.78 is 0. The minimum absolute atomic E-state index is 0.0841. The zero-order valence-electron chi connectivity index (χ0n) is 15.7. The highest BCUT2D eigenvalue weighted by Gasteiger charge is 2.25. The van der Waals surface area contributed by atoms with E-state index in [0.29, 0.717) is 19.0 Å². The van der Waals surface area contributed by atoms with Gasteiger partial charge in [-0.1, -0.05) is 42.0 Å². The Kier molecular flexibility index (Phi) is 5.21. The Bertz CT molecular complexity index is 882. The van der Waals surface area contributed by atoms with Crippen molar-refractivity contribution in [3.8, 4) is 0 Å². The molecule has 5 heteroatoms. The summed E-state index contributed by atoms with van der Waals surface area (Å²) in [5.74, 6) is 1.48. The van der Waals surface area contributed by atoms with Crippen molar-refractivity contribution in [2.24, 2.45) is 0 Å². The van der Waals surface area contributed by atoms with Gasteiger partial charge in [0.2, 0.25) is 5.91 Å². The first-order valence-electron chi connectivity index (χ1n) is 9.66. The van der Waals surface area contributed by atoms with E-state index in [-0.39, 0.29) is 5.91 Å². The Labute approximate surface area is 159 Å². The molecule has 0 radical (unpaired) electrons. The van der Waals surface area contributed by atoms with E-state index in [1.54, 1.807) is 0 Å². The second kappa shape index (κ2) is 7.92. The lowest BCUT2D eigenvalue weighted by Gasteiger charge is -2.31. The molecule has 27 heavy (non-hydrogen) atoms. The van der Waals surface area contributed by atoms with Gasteiger partial charge in [0.15, 0.2) is 0 Å². The van der Waals surface area contributed by atoms with Crippen LogP contribution in [0.15, 0.2) is 48.5 Å². The molecule has 140 valence electrons. The molecular formula is C22H26N4O. The number of nitrogens with zero attached hydrogens (tertiary/aromatic N) is 2. The maximum Gasteiger partial charge on any atom is 0.234 e. The minimum Gasteiger partial charge on any atom is -0.351 e. The largest absolute Gasteiger partial charge is 0.351 e. The highest BCUT2D eigenvalue weighted by Crippen LogP contribution is 2.26. The van der Waals surface area contributed by atoms with Crippen LogP contribution in [0.4, 0.5) is 0 Å². The Hall–Kier alpha value is -2.66. The maximum atomic E-state index is 12.4. The summed E-state index contributed by atoms with van der Waals surface area (Å²) in [6, 6.07) is 16.4. The molecule has 3 aromatic rings. The van der Waals surface area contributed by atoms with Crippen LogP contribution in [0.1, 0.15) is 35.7 Å². The number of para-hydroxylation sites is 2. The fourth-order valence-corrected chi connectivity index (χ4v) is 3.75. The molecule has 0 spiro atoms. The van der Waals surface area contributed by atoms with Gasteiger partial charge in [-0.3, -0.25) is 9.69 Å². The summed E-state index contributed by atoms with van der Waals surface area (Å²) in [6.45, 7) is 4.94. The fraction of sp³-hybridized carbons (Fsp3) is 0.364. The summed E-state index contributed by atoms with van der Waals surface area (Å²) in [7, 11) is 0. The van der Waals surface area contributed by atoms with E-state index in [0.717, 1.165) is 48.4 Å². The third-order valence-electron chi connectivity index (χ3n) is 5.28. The summed E-state index contributed by atoms with van der Waals surface area (Å²) >= 11 is 0. The average molecular weight is 362 g/mol. The predicted molar refractivity (Wildman–Crippen MR) is 108 cm³/mol. The summed E-state index contributed by atoms with van der Waals surface area (Å²) in [5.41, 5.74) is 4.46. The van der Waals surface area contributed by atoms with Crippen LogP contribution in [-0.4, -0.2) is 40.4 Å². The van der Waals surface area contributed by atoms with Gasteiger partial charge in [-0.15, -0.1) is 0 Å². The number of imidazole rings is 1. The first kappa shape index (κ1) is 17.7. The van der Waals surface area contributed by atoms with Gasteiger partial charge in [-0.2, -0.15) is 0 Å². The molecule has 1 amide bonds. The zero-order chi connectivity index (χ0) is 18.6. The number of piperidine rings is 1. The van der Waals surface area contributed by atoms with Gasteiger partial charge in [-0.05, 0) is 44.0 Å². The van der Waals surface area contributed by atoms with Gasteiger partial charge in [0.25, 0.3) is 0 Å². The lowest BCUT2D eigenvalue weighted by Crippen LogP contribution is -2.42. The van der Waals surface area contributed by atoms with Crippen molar-refractivity contribution >= 4 is 16.9 Å². The molecule has 2 aromatic carbocycles. The van der Waals surface area contributed by atoms with E-state index in [9.17, 15) is 4.79 Å². The van der Waals surface area contributed by atoms with Gasteiger partial charge >= 0.3 is 0 Å². The molecule has 4 rings (SSSR count). The molecule has 5 nitrogen and oxygen atoms in total. The van der Waals surface area contributed by atoms with Crippen LogP contribution in [0.3, 0.4) is 0 Å². The number of hydrogen-bond acceptors (Lipinski definition) is 3. The number of aromatic nitrogens is 2. The number of carbonyl (C=O) groups excluding carboxylic acids is 1. The van der Waals surface area contributed by atoms with Crippen LogP contribution in [-0.2, 0) is 11.3 Å². The van der Waals surface area contributed by atoms with Crippen molar-refractivity contribution in [3.63, 3.8) is 0 Å². The molecule has 0 unspecified atom stereocenters. The van der Waals surface area contributed by atoms with E-state index in [1.165, 1.54) is 5.56 Å². The lowest BCUT2D eigenvalue weighted by atomic mass is 9.97. The van der Waals surface area contributed by atoms with Gasteiger partial charge < -0.3 is 10.3 Å². The third-order valence-corrected chi connectivity index (χ3v) is 5.28. The van der Waals surface area contributed by atoms with Crippen LogP contribution in [0, 0.1) is 6.92 Å². The molecule has 1 aliphatic heterocycles. The van der Waals surface area contributed by atoms with Crippen molar-refractivity contribution in [3.05, 3.63) is 65.5 Å². The summed E-state index contributed by atoms with van der Waals surface area (Å²) in [5, 5.41) is 3.04. The number of likely N-dealkylation sites (tertiary alicyclic amines) is 1. The monoisotopic (exact) mass is 362 g/mol. The smallest absolute Gasteiger partial charge is 0.234 e. The predicted octanol–water partition coefficient (Wildman–Crippen LogP) is 3.37. The summed E-state index contributed by atoms with van der Waals surface area (Å²) in [4.78, 5) is 22.8. The van der Waals surface area contributed by atoms with Gasteiger partial charge in [0.05, 0.1) is 17.6 Å². The lowest BCUT2D eigenvalue weighted by molar-refractivity contribution is -0.122. The van der Waals surface area contributed by atoms with Crippen LogP contribution in [0.25, 0.3) is 11.0 Å². The number of H-pyrrole nitrogens is 1. The standard InChI is InChI=1S/C22H26N4O/c1-16-8-10-17(11-9-16)13-23-21(27)15-26-12-4-5-18(14-26)22-24-19-6-2-3-7-20(19)25-22/h2-3,6-11,18H,4-5,12-15H2,1H3,(H,23,27)(H,24,25)/t18-/m1/s1. The Balaban J connectivity index is 1.32. The first-order valence-corrected chi connectivity index (χ1v) is 9.66. The Morgan fingerprint density at radius 1 is 1.22 bits per heavy atom. The van der Waals surface area contributed by atoms with Gasteiger partial charge in [0.1, 0.15) is 5.82 Å². The van der Waals surface area contributed by atoms with Crippen molar-refractivity contribution < 1.29 is 4.79 Å². The second-order valence-electron chi connectivity index (χ2n) is 7.48. The number of fused-ring (bicyclic) bond motifs is 1. The second-order valence-corrected chi connectivity index (χ2v) is 7.48. The van der Waals surface area contributed by atoms with Crippen molar-refractivity contribution in [2.75, 3.05) is 19.6 Å². The molecule has 1 atom stereocenters. The SMILES string of the molecule is Cc1ccc(CNC(=O)CN2CCC[C@@H](c3nc4ccccc4[nH]3)C2)cc1. The molecule has 1 saturated heterocycles. The Morgan fingerprint density at radius 3 is 2.85 bits per heavy atom. The number of aromatic amines is 1. The van der Waals surface area contributed by atoms with Crippen LogP contribution in [0.5, 0.6) is 0 Å². The molecule has 0 aliphatic carbocycles. The molecule has 0 bridgehead atoms. The van der Waals surface area contributed by atoms with Crippen LogP contribution in [0.2, 0.25) is 0 Å². The van der Waals surface area contributed by atoms with Gasteiger partial charge in [-0.25, -0.2) is 4.98 Å². The molecule has 1 fully saturated rings. The number of nitrogens with one attached hydrogen (secondary N) is 2. The van der Waals surface area contributed by atoms with E-state index < -0.39 is 0 Å². The van der Waals surface area contributed by atoms with Gasteiger partial charge in [0, 0.05) is 19.0 Å².